The topological polar surface area (TPSA) is 96.9 Å². The van der Waals surface area contributed by atoms with Crippen LogP contribution in [0, 0.1) is 0 Å². The minimum atomic E-state index is -2.37. The lowest BCUT2D eigenvalue weighted by atomic mass is 10.1. The Labute approximate surface area is 203 Å². The molecule has 0 bridgehead atoms. The van der Waals surface area contributed by atoms with Crippen LogP contribution in [-0.4, -0.2) is 46.7 Å². The smallest absolute Gasteiger partial charge is 0.152 e. The molecule has 1 saturated heterocycles. The Morgan fingerprint density at radius 1 is 1.12 bits per heavy atom. The number of pyridine rings is 1. The quantitative estimate of drug-likeness (QED) is 0.453. The van der Waals surface area contributed by atoms with Crippen molar-refractivity contribution in [3.8, 4) is 28.3 Å². The van der Waals surface area contributed by atoms with Crippen LogP contribution in [0.3, 0.4) is 0 Å². The van der Waals surface area contributed by atoms with Crippen LogP contribution in [0.15, 0.2) is 55.2 Å². The Hall–Kier alpha value is -3.88. The monoisotopic (exact) mass is 461 g/mol. The van der Waals surface area contributed by atoms with Gasteiger partial charge < -0.3 is 19.9 Å². The summed E-state index contributed by atoms with van der Waals surface area (Å²) in [5.41, 5.74) is 2.90. The van der Waals surface area contributed by atoms with Gasteiger partial charge in [-0.3, -0.25) is 4.68 Å². The summed E-state index contributed by atoms with van der Waals surface area (Å²) in [6, 6.07) is 7.30. The van der Waals surface area contributed by atoms with Crippen LogP contribution >= 0.6 is 0 Å². The number of hydrogen-bond donors (Lipinski definition) is 2. The predicted octanol–water partition coefficient (Wildman–Crippen LogP) is 4.46. The van der Waals surface area contributed by atoms with Gasteiger partial charge in [-0.15, -0.1) is 10.2 Å². The number of aromatic nitrogens is 6. The SMILES string of the molecule is [2H]C([2H])([2H])n1cc(-c2cnc(-c3ccc(N4CCCC4n4ccc(NC(C)(C)C)c4)nn3)c(O)c2)cn1. The first-order valence-electron chi connectivity index (χ1n) is 12.8. The number of aromatic hydroxyl groups is 1. The zero-order chi connectivity index (χ0) is 26.4. The lowest BCUT2D eigenvalue weighted by molar-refractivity contribution is 0.475. The zero-order valence-electron chi connectivity index (χ0n) is 22.5. The number of hydrogen-bond acceptors (Lipinski definition) is 7. The van der Waals surface area contributed by atoms with Gasteiger partial charge in [0.15, 0.2) is 5.82 Å². The third kappa shape index (κ3) is 4.46. The Morgan fingerprint density at radius 2 is 2.00 bits per heavy atom. The minimum absolute atomic E-state index is 0.0135. The van der Waals surface area contributed by atoms with Crippen LogP contribution in [0.5, 0.6) is 5.75 Å². The highest BCUT2D eigenvalue weighted by Crippen LogP contribution is 2.34. The van der Waals surface area contributed by atoms with Crippen molar-refractivity contribution in [3.05, 3.63) is 55.2 Å². The molecule has 0 aromatic carbocycles. The fourth-order valence-corrected chi connectivity index (χ4v) is 4.32. The summed E-state index contributed by atoms with van der Waals surface area (Å²) in [5, 5.41) is 26.8. The van der Waals surface area contributed by atoms with Crippen LogP contribution in [0.25, 0.3) is 22.5 Å². The highest BCUT2D eigenvalue weighted by Gasteiger charge is 2.27. The molecule has 4 aromatic rings. The first-order valence-corrected chi connectivity index (χ1v) is 11.3. The maximum atomic E-state index is 10.6. The van der Waals surface area contributed by atoms with Crippen molar-refractivity contribution in [1.82, 2.24) is 29.5 Å². The number of rotatable bonds is 5. The number of aryl methyl sites for hydroxylation is 1. The number of nitrogens with zero attached hydrogens (tertiary/aromatic N) is 7. The second-order valence-corrected chi connectivity index (χ2v) is 9.58. The summed E-state index contributed by atoms with van der Waals surface area (Å²) >= 11 is 0. The van der Waals surface area contributed by atoms with E-state index in [1.54, 1.807) is 12.3 Å². The molecule has 2 N–H and O–H groups in total. The summed E-state index contributed by atoms with van der Waals surface area (Å²) < 4.78 is 25.5. The molecule has 0 spiro atoms. The molecule has 1 fully saturated rings. The molecule has 0 radical (unpaired) electrons. The van der Waals surface area contributed by atoms with Crippen LogP contribution in [0.4, 0.5) is 11.5 Å². The minimum Gasteiger partial charge on any atom is -0.506 e. The largest absolute Gasteiger partial charge is 0.506 e. The molecular formula is C25H30N8O. The van der Waals surface area contributed by atoms with E-state index in [0.717, 1.165) is 35.6 Å². The molecule has 1 aliphatic heterocycles. The molecule has 0 saturated carbocycles. The van der Waals surface area contributed by atoms with Gasteiger partial charge in [0.2, 0.25) is 0 Å². The Balaban J connectivity index is 1.33. The fraction of sp³-hybridized carbons (Fsp3) is 0.360. The van der Waals surface area contributed by atoms with E-state index in [1.807, 2.05) is 6.07 Å². The van der Waals surface area contributed by atoms with Gasteiger partial charge in [0.1, 0.15) is 23.3 Å². The van der Waals surface area contributed by atoms with Gasteiger partial charge in [-0.1, -0.05) is 0 Å². The Kier molecular flexibility index (Phi) is 4.62. The molecule has 34 heavy (non-hydrogen) atoms. The predicted molar refractivity (Wildman–Crippen MR) is 133 cm³/mol. The maximum Gasteiger partial charge on any atom is 0.152 e. The van der Waals surface area contributed by atoms with E-state index in [4.69, 9.17) is 4.11 Å². The second kappa shape index (κ2) is 8.48. The van der Waals surface area contributed by atoms with E-state index in [-0.39, 0.29) is 17.5 Å². The van der Waals surface area contributed by atoms with E-state index >= 15 is 0 Å². The molecular weight excluding hydrogens is 428 g/mol. The van der Waals surface area contributed by atoms with Crippen molar-refractivity contribution in [2.45, 2.75) is 45.3 Å². The summed E-state index contributed by atoms with van der Waals surface area (Å²) in [6.07, 6.45) is 10.8. The molecule has 4 aromatic heterocycles. The average Bonchev–Trinajstić information content (AvgIpc) is 3.58. The summed E-state index contributed by atoms with van der Waals surface area (Å²) in [7, 11) is 0. The van der Waals surface area contributed by atoms with Crippen molar-refractivity contribution in [3.63, 3.8) is 0 Å². The van der Waals surface area contributed by atoms with Crippen molar-refractivity contribution in [1.29, 1.82) is 0 Å². The molecule has 0 aliphatic carbocycles. The van der Waals surface area contributed by atoms with Gasteiger partial charge in [-0.2, -0.15) is 5.10 Å². The number of anilines is 2. The fourth-order valence-electron chi connectivity index (χ4n) is 4.32. The summed E-state index contributed by atoms with van der Waals surface area (Å²) in [4.78, 5) is 6.60. The molecule has 1 aliphatic rings. The van der Waals surface area contributed by atoms with Crippen molar-refractivity contribution < 1.29 is 9.22 Å². The third-order valence-electron chi connectivity index (χ3n) is 5.77. The molecule has 5 rings (SSSR count). The molecule has 1 unspecified atom stereocenters. The first-order chi connectivity index (χ1) is 17.5. The normalized spacial score (nSPS) is 17.9. The molecule has 1 atom stereocenters. The summed E-state index contributed by atoms with van der Waals surface area (Å²) in [5.74, 6) is 0.685. The van der Waals surface area contributed by atoms with E-state index in [9.17, 15) is 5.11 Å². The van der Waals surface area contributed by atoms with Crippen molar-refractivity contribution >= 4 is 11.5 Å². The number of nitrogens with one attached hydrogen (secondary N) is 1. The van der Waals surface area contributed by atoms with E-state index < -0.39 is 6.98 Å². The standard InChI is InChI=1S/C25H30N8O/c1-25(2,3)28-19-9-11-32(16-19)23-6-5-10-33(23)22-8-7-20(29-30-22)24-21(34)12-17(13-26-24)18-14-27-31(4)15-18/h7-9,11-16,23,28,34H,5-6,10H2,1-4H3/i4D3. The Morgan fingerprint density at radius 3 is 2.71 bits per heavy atom. The van der Waals surface area contributed by atoms with Gasteiger partial charge in [0, 0.05) is 59.1 Å². The van der Waals surface area contributed by atoms with Crippen LogP contribution < -0.4 is 10.2 Å². The highest BCUT2D eigenvalue weighted by molar-refractivity contribution is 5.70. The molecule has 176 valence electrons. The maximum absolute atomic E-state index is 10.6. The molecule has 5 heterocycles. The molecule has 9 heteroatoms. The first kappa shape index (κ1) is 18.5. The van der Waals surface area contributed by atoms with Crippen LogP contribution in [0.1, 0.15) is 43.9 Å². The van der Waals surface area contributed by atoms with Gasteiger partial charge in [-0.25, -0.2) is 4.98 Å². The van der Waals surface area contributed by atoms with E-state index in [0.29, 0.717) is 22.5 Å². The van der Waals surface area contributed by atoms with Crippen LogP contribution in [-0.2, 0) is 6.98 Å². The van der Waals surface area contributed by atoms with Crippen LogP contribution in [0.2, 0.25) is 0 Å². The molecule has 9 nitrogen and oxygen atoms in total. The van der Waals surface area contributed by atoms with Gasteiger partial charge in [0.05, 0.1) is 11.9 Å². The van der Waals surface area contributed by atoms with E-state index in [1.165, 1.54) is 18.5 Å². The molecule has 0 amide bonds. The van der Waals surface area contributed by atoms with Gasteiger partial charge >= 0.3 is 0 Å². The van der Waals surface area contributed by atoms with Crippen molar-refractivity contribution in [2.75, 3.05) is 16.8 Å². The van der Waals surface area contributed by atoms with Gasteiger partial charge in [-0.05, 0) is 57.9 Å². The third-order valence-corrected chi connectivity index (χ3v) is 5.77. The van der Waals surface area contributed by atoms with E-state index in [2.05, 4.69) is 74.3 Å². The lowest BCUT2D eigenvalue weighted by Gasteiger charge is -2.27. The highest BCUT2D eigenvalue weighted by atomic mass is 16.3. The lowest BCUT2D eigenvalue weighted by Crippen LogP contribution is -2.28. The summed E-state index contributed by atoms with van der Waals surface area (Å²) in [6.45, 7) is 4.92. The van der Waals surface area contributed by atoms with Crippen molar-refractivity contribution in [2.24, 2.45) is 6.98 Å². The Bertz CT molecular complexity index is 1390. The second-order valence-electron chi connectivity index (χ2n) is 9.58. The average molecular weight is 462 g/mol. The van der Waals surface area contributed by atoms with Gasteiger partial charge in [0.25, 0.3) is 0 Å². The zero-order valence-corrected chi connectivity index (χ0v) is 19.5.